The summed E-state index contributed by atoms with van der Waals surface area (Å²) in [4.78, 5) is 0. The Kier molecular flexibility index (Phi) is 55.4. The summed E-state index contributed by atoms with van der Waals surface area (Å²) in [6, 6.07) is 8.83. The first kappa shape index (κ1) is 102. The zero-order chi connectivity index (χ0) is 80.0. The Balaban J connectivity index is 0.000000416. The molecule has 10 unspecified atom stereocenters. The van der Waals surface area contributed by atoms with Gasteiger partial charge in [0.25, 0.3) is 5.97 Å². The fraction of sp³-hybridized carbons (Fsp3) is 0.942. The minimum atomic E-state index is -0.849. The van der Waals surface area contributed by atoms with E-state index < -0.39 is 5.97 Å². The third-order valence-corrected chi connectivity index (χ3v) is 27.9. The van der Waals surface area contributed by atoms with E-state index >= 15 is 0 Å². The van der Waals surface area contributed by atoms with E-state index in [4.69, 9.17) is 14.2 Å². The van der Waals surface area contributed by atoms with Gasteiger partial charge in [-0.15, -0.1) is 0 Å². The van der Waals surface area contributed by atoms with Crippen LogP contribution in [0.4, 0.5) is 0 Å². The minimum Gasteiger partial charge on any atom is -0.327 e. The van der Waals surface area contributed by atoms with Crippen molar-refractivity contribution in [2.45, 2.75) is 475 Å². The molecule has 0 aromatic heterocycles. The molecule has 0 radical (unpaired) electrons. The van der Waals surface area contributed by atoms with Crippen molar-refractivity contribution < 1.29 is 14.2 Å². The maximum atomic E-state index is 6.01. The fourth-order valence-electron chi connectivity index (χ4n) is 20.8. The zero-order valence-corrected chi connectivity index (χ0v) is 78.4. The van der Waals surface area contributed by atoms with E-state index in [-0.39, 0.29) is 0 Å². The summed E-state index contributed by atoms with van der Waals surface area (Å²) in [5.74, 6) is 19.4. The molecule has 0 N–H and O–H groups in total. The number of ether oxygens (including phenoxy) is 3. The molecule has 1 aromatic rings. The average molecular weight is 1500 g/mol. The molecule has 0 bridgehead atoms. The highest BCUT2D eigenvalue weighted by Gasteiger charge is 2.37. The molecule has 0 spiro atoms. The summed E-state index contributed by atoms with van der Waals surface area (Å²) in [6.45, 7) is 64.9. The molecule has 10 atom stereocenters. The molecule has 1 aromatic carbocycles. The molecule has 107 heavy (non-hydrogen) atoms. The number of benzene rings is 1. The zero-order valence-electron chi connectivity index (χ0n) is 78.4. The van der Waals surface area contributed by atoms with Crippen molar-refractivity contribution in [3.8, 4) is 0 Å². The van der Waals surface area contributed by atoms with Crippen LogP contribution < -0.4 is 0 Å². The van der Waals surface area contributed by atoms with Crippen LogP contribution in [0.15, 0.2) is 24.3 Å². The van der Waals surface area contributed by atoms with E-state index in [0.717, 1.165) is 145 Å². The summed E-state index contributed by atoms with van der Waals surface area (Å²) in [5, 5.41) is 0. The fourth-order valence-corrected chi connectivity index (χ4v) is 20.8. The lowest BCUT2D eigenvalue weighted by Gasteiger charge is -2.44. The van der Waals surface area contributed by atoms with E-state index in [2.05, 4.69) is 211 Å². The molecule has 9 saturated carbocycles. The smallest absolute Gasteiger partial charge is 0.282 e. The molecule has 634 valence electrons. The number of hydrogen-bond donors (Lipinski definition) is 0. The van der Waals surface area contributed by atoms with Gasteiger partial charge in [-0.05, 0) is 236 Å². The predicted molar refractivity (Wildman–Crippen MR) is 480 cm³/mol. The largest absolute Gasteiger partial charge is 0.327 e. The number of aryl methyl sites for hydroxylation is 2. The van der Waals surface area contributed by atoms with E-state index in [0.29, 0.717) is 48.4 Å². The predicted octanol–water partition coefficient (Wildman–Crippen LogP) is 34.3. The third-order valence-electron chi connectivity index (χ3n) is 27.9. The summed E-state index contributed by atoms with van der Waals surface area (Å²) in [7, 11) is 0. The summed E-state index contributed by atoms with van der Waals surface area (Å²) in [6.07, 6.45) is 62.9. The maximum absolute atomic E-state index is 6.01. The second-order valence-electron chi connectivity index (χ2n) is 43.3. The van der Waals surface area contributed by atoms with E-state index in [1.807, 2.05) is 0 Å². The number of rotatable bonds is 21. The maximum Gasteiger partial charge on any atom is 0.282 e. The van der Waals surface area contributed by atoms with Gasteiger partial charge in [0.05, 0.1) is 19.8 Å². The molecule has 9 aliphatic carbocycles. The Morgan fingerprint density at radius 1 is 0.327 bits per heavy atom. The Labute approximate surface area is 676 Å². The van der Waals surface area contributed by atoms with Crippen LogP contribution in [0.3, 0.4) is 0 Å². The molecule has 9 fully saturated rings. The lowest BCUT2D eigenvalue weighted by atomic mass is 9.62. The van der Waals surface area contributed by atoms with Gasteiger partial charge in [0.1, 0.15) is 0 Å². The molecule has 0 saturated heterocycles. The highest BCUT2D eigenvalue weighted by Crippen LogP contribution is 2.48. The molecule has 10 rings (SSSR count). The van der Waals surface area contributed by atoms with Gasteiger partial charge in [-0.2, -0.15) is 0 Å². The summed E-state index contributed by atoms with van der Waals surface area (Å²) in [5.41, 5.74) is 4.02. The van der Waals surface area contributed by atoms with Gasteiger partial charge in [0.15, 0.2) is 0 Å². The standard InChI is InChI=1S/C18H38O3.2C15H28.2C11H22.C10H14.3C8H16/c1-8-18(19-12-9-15(2)3,20-13-10-16(4)5)21-14-11-17(6)7;1-12-3-7-14(8-4-12)11-15-9-5-13(2)6-10-15;1-12-5-3-7-14(9-12)11-15-8-4-6-13(2)10-15;1-9-6-10(2,3)8-11(4,5)7-9;1-9(2)8-11-7-5-4-6-10(11)3;1-3-9-5-7-10(4-2)8-6-9;1-7-3-5-8(2)6-4-7;1-7-4-3-5-8(2)6-7;1-7-5-3-4-6-8(7)2/h15-17H,8-14H2,1-7H3;2*12-15H,3-11H2,1-2H3;9H,6-8H2,1-5H3;9-11H,4-8H2,1-3H3;5-8H,3-4H2,1-2H3;3*7-8H,3-6H2,1-2H3. The van der Waals surface area contributed by atoms with Crippen LogP contribution in [0.1, 0.15) is 468 Å². The van der Waals surface area contributed by atoms with Crippen LogP contribution in [-0.2, 0) is 27.1 Å². The van der Waals surface area contributed by atoms with Crippen molar-refractivity contribution in [1.29, 1.82) is 0 Å². The lowest BCUT2D eigenvalue weighted by Crippen LogP contribution is -2.40. The van der Waals surface area contributed by atoms with E-state index in [1.165, 1.54) is 242 Å². The van der Waals surface area contributed by atoms with Gasteiger partial charge in [0, 0.05) is 6.42 Å². The lowest BCUT2D eigenvalue weighted by molar-refractivity contribution is -0.383. The van der Waals surface area contributed by atoms with Crippen LogP contribution in [0.5, 0.6) is 0 Å². The topological polar surface area (TPSA) is 27.7 Å². The molecule has 9 aliphatic rings. The Morgan fingerprint density at radius 3 is 0.907 bits per heavy atom. The van der Waals surface area contributed by atoms with Crippen molar-refractivity contribution in [2.24, 2.45) is 135 Å². The minimum absolute atomic E-state index is 0.584. The molecule has 3 nitrogen and oxygen atoms in total. The van der Waals surface area contributed by atoms with Crippen molar-refractivity contribution in [3.63, 3.8) is 0 Å². The van der Waals surface area contributed by atoms with Crippen LogP contribution in [0.25, 0.3) is 0 Å². The molecule has 0 amide bonds. The summed E-state index contributed by atoms with van der Waals surface area (Å²) < 4.78 is 18.0. The first-order chi connectivity index (χ1) is 50.5. The van der Waals surface area contributed by atoms with Crippen LogP contribution >= 0.6 is 0 Å². The normalized spacial score (nSPS) is 30.8. The highest BCUT2D eigenvalue weighted by atomic mass is 16.9. The first-order valence-corrected chi connectivity index (χ1v) is 48.5. The molecule has 0 heterocycles. The van der Waals surface area contributed by atoms with Crippen molar-refractivity contribution in [2.75, 3.05) is 19.8 Å². The second kappa shape index (κ2) is 58.0. The van der Waals surface area contributed by atoms with Gasteiger partial charge in [-0.25, -0.2) is 0 Å². The average Bonchev–Trinajstić information content (AvgIpc) is 0.812. The van der Waals surface area contributed by atoms with Crippen LogP contribution in [0.2, 0.25) is 0 Å². The highest BCUT2D eigenvalue weighted by molar-refractivity contribution is 5.22. The monoisotopic (exact) mass is 1500 g/mol. The van der Waals surface area contributed by atoms with Crippen molar-refractivity contribution in [3.05, 3.63) is 35.4 Å². The van der Waals surface area contributed by atoms with Gasteiger partial charge in [-0.3, -0.25) is 0 Å². The Hall–Kier alpha value is -0.900. The van der Waals surface area contributed by atoms with Crippen molar-refractivity contribution >= 4 is 0 Å². The summed E-state index contributed by atoms with van der Waals surface area (Å²) >= 11 is 0. The van der Waals surface area contributed by atoms with Gasteiger partial charge in [0.2, 0.25) is 0 Å². The van der Waals surface area contributed by atoms with Gasteiger partial charge in [-0.1, -0.05) is 397 Å². The third kappa shape index (κ3) is 51.6. The first-order valence-electron chi connectivity index (χ1n) is 48.5. The SMILES string of the molecule is CC(C)CC1CCCCC1C.CC1CC(C)(C)CC(C)(C)C1.CC1CCC(C)CC1.CC1CCC(CC2CCC(C)CC2)CC1.CC1CCCC(C)C1.CC1CCCC(CC2CCCC(C)C2)C1.CC1CCCCC1C.CCC(OCCC(C)C)(OCCC(C)C)OCCC(C)C.CCc1ccc(CC)cc1. The Morgan fingerprint density at radius 2 is 0.636 bits per heavy atom. The Bertz CT molecular complexity index is 2020. The van der Waals surface area contributed by atoms with Crippen LogP contribution in [0, 0.1) is 135 Å². The van der Waals surface area contributed by atoms with E-state index in [1.54, 1.807) is 12.8 Å². The molecule has 3 heteroatoms. The van der Waals surface area contributed by atoms with Crippen molar-refractivity contribution in [1.82, 2.24) is 0 Å². The number of hydrogen-bond acceptors (Lipinski definition) is 3. The molecule has 0 aliphatic heterocycles. The van der Waals surface area contributed by atoms with Crippen LogP contribution in [-0.4, -0.2) is 25.8 Å². The molecular formula is C104H200O3. The van der Waals surface area contributed by atoms with E-state index in [9.17, 15) is 0 Å². The van der Waals surface area contributed by atoms with Gasteiger partial charge < -0.3 is 14.2 Å². The molecular weight excluding hydrogens is 1300 g/mol. The van der Waals surface area contributed by atoms with Gasteiger partial charge >= 0.3 is 0 Å². The second-order valence-corrected chi connectivity index (χ2v) is 43.3. The quantitative estimate of drug-likeness (QED) is 0.115.